The molecule has 0 radical (unpaired) electrons. The van der Waals surface area contributed by atoms with E-state index in [-0.39, 0.29) is 17.0 Å². The SMILES string of the molecule is C=O.O=C(O)c1cc(-c2ccc(C(F)(F)F)c(Cl)c2)ncn1. The molecule has 0 fully saturated rings. The van der Waals surface area contributed by atoms with Gasteiger partial charge in [0.25, 0.3) is 0 Å². The summed E-state index contributed by atoms with van der Waals surface area (Å²) in [5.41, 5.74) is -0.776. The monoisotopic (exact) mass is 332 g/mol. The van der Waals surface area contributed by atoms with E-state index in [9.17, 15) is 18.0 Å². The second-order valence-corrected chi connectivity index (χ2v) is 4.19. The molecule has 1 heterocycles. The van der Waals surface area contributed by atoms with Gasteiger partial charge in [-0.25, -0.2) is 14.8 Å². The maximum absolute atomic E-state index is 12.6. The Bertz CT molecular complexity index is 692. The van der Waals surface area contributed by atoms with Crippen molar-refractivity contribution in [3.63, 3.8) is 0 Å². The van der Waals surface area contributed by atoms with Crippen molar-refractivity contribution >= 4 is 24.4 Å². The third kappa shape index (κ3) is 4.01. The molecular formula is C13H8ClF3N2O3. The van der Waals surface area contributed by atoms with E-state index in [2.05, 4.69) is 9.97 Å². The number of alkyl halides is 3. The van der Waals surface area contributed by atoms with Crippen molar-refractivity contribution in [2.45, 2.75) is 6.18 Å². The lowest BCUT2D eigenvalue weighted by Crippen LogP contribution is -2.06. The molecule has 1 aromatic carbocycles. The van der Waals surface area contributed by atoms with Crippen molar-refractivity contribution in [2.24, 2.45) is 0 Å². The van der Waals surface area contributed by atoms with Crippen LogP contribution in [0, 0.1) is 0 Å². The molecule has 0 amide bonds. The third-order valence-electron chi connectivity index (χ3n) is 2.46. The molecule has 2 rings (SSSR count). The number of carbonyl (C=O) groups is 2. The maximum Gasteiger partial charge on any atom is 0.417 e. The summed E-state index contributed by atoms with van der Waals surface area (Å²) in [5, 5.41) is 8.32. The smallest absolute Gasteiger partial charge is 0.417 e. The van der Waals surface area contributed by atoms with E-state index in [1.807, 2.05) is 6.79 Å². The van der Waals surface area contributed by atoms with Crippen LogP contribution in [-0.2, 0) is 11.0 Å². The van der Waals surface area contributed by atoms with Crippen LogP contribution in [0.15, 0.2) is 30.6 Å². The molecule has 0 spiro atoms. The van der Waals surface area contributed by atoms with Crippen LogP contribution in [0.2, 0.25) is 5.02 Å². The fourth-order valence-corrected chi connectivity index (χ4v) is 1.82. The van der Waals surface area contributed by atoms with E-state index in [1.165, 1.54) is 6.07 Å². The predicted molar refractivity (Wildman–Crippen MR) is 71.6 cm³/mol. The number of carbonyl (C=O) groups excluding carboxylic acids is 1. The van der Waals surface area contributed by atoms with Crippen molar-refractivity contribution in [1.29, 1.82) is 0 Å². The van der Waals surface area contributed by atoms with E-state index in [0.29, 0.717) is 0 Å². The molecule has 0 aliphatic carbocycles. The van der Waals surface area contributed by atoms with Gasteiger partial charge in [-0.2, -0.15) is 13.2 Å². The van der Waals surface area contributed by atoms with Gasteiger partial charge < -0.3 is 9.90 Å². The maximum atomic E-state index is 12.6. The van der Waals surface area contributed by atoms with Gasteiger partial charge in [-0.05, 0) is 18.2 Å². The Morgan fingerprint density at radius 2 is 1.82 bits per heavy atom. The molecule has 1 aromatic heterocycles. The molecule has 0 aliphatic heterocycles. The van der Waals surface area contributed by atoms with Crippen molar-refractivity contribution in [3.8, 4) is 11.3 Å². The molecule has 22 heavy (non-hydrogen) atoms. The van der Waals surface area contributed by atoms with Gasteiger partial charge in [-0.1, -0.05) is 17.7 Å². The molecule has 2 aromatic rings. The van der Waals surface area contributed by atoms with Crippen LogP contribution in [0.25, 0.3) is 11.3 Å². The van der Waals surface area contributed by atoms with Gasteiger partial charge in [-0.3, -0.25) is 0 Å². The van der Waals surface area contributed by atoms with Gasteiger partial charge >= 0.3 is 12.1 Å². The largest absolute Gasteiger partial charge is 0.477 e. The number of carboxylic acid groups (broad SMARTS) is 1. The van der Waals surface area contributed by atoms with Gasteiger partial charge in [0, 0.05) is 5.56 Å². The number of aromatic carboxylic acids is 1. The Hall–Kier alpha value is -2.48. The molecule has 0 saturated carbocycles. The Kier molecular flexibility index (Phi) is 5.58. The Balaban J connectivity index is 0.00000116. The zero-order valence-electron chi connectivity index (χ0n) is 10.8. The summed E-state index contributed by atoms with van der Waals surface area (Å²) in [6.45, 7) is 2.00. The fourth-order valence-electron chi connectivity index (χ4n) is 1.54. The van der Waals surface area contributed by atoms with Gasteiger partial charge in [0.2, 0.25) is 0 Å². The summed E-state index contributed by atoms with van der Waals surface area (Å²) in [6, 6.07) is 4.22. The number of halogens is 4. The molecule has 0 unspecified atom stereocenters. The minimum absolute atomic E-state index is 0.174. The first-order valence-corrected chi connectivity index (χ1v) is 5.88. The second kappa shape index (κ2) is 6.99. The highest BCUT2D eigenvalue weighted by Gasteiger charge is 2.33. The van der Waals surface area contributed by atoms with E-state index in [0.717, 1.165) is 24.5 Å². The van der Waals surface area contributed by atoms with Gasteiger partial charge in [0.15, 0.2) is 5.69 Å². The summed E-state index contributed by atoms with van der Waals surface area (Å²) < 4.78 is 37.7. The summed E-state index contributed by atoms with van der Waals surface area (Å²) in [7, 11) is 0. The van der Waals surface area contributed by atoms with Gasteiger partial charge in [0.1, 0.15) is 13.1 Å². The van der Waals surface area contributed by atoms with Crippen molar-refractivity contribution < 1.29 is 27.9 Å². The summed E-state index contributed by atoms with van der Waals surface area (Å²) in [6.07, 6.45) is -3.53. The minimum Gasteiger partial charge on any atom is -0.477 e. The molecule has 0 saturated heterocycles. The number of benzene rings is 1. The number of hydrogen-bond donors (Lipinski definition) is 1. The molecule has 5 nitrogen and oxygen atoms in total. The molecule has 116 valence electrons. The van der Waals surface area contributed by atoms with E-state index >= 15 is 0 Å². The van der Waals surface area contributed by atoms with Crippen LogP contribution in [0.3, 0.4) is 0 Å². The zero-order valence-corrected chi connectivity index (χ0v) is 11.5. The number of aromatic nitrogens is 2. The zero-order chi connectivity index (χ0) is 16.9. The van der Waals surface area contributed by atoms with Gasteiger partial charge in [-0.15, -0.1) is 0 Å². The normalized spacial score (nSPS) is 10.5. The Morgan fingerprint density at radius 3 is 2.32 bits per heavy atom. The fraction of sp³-hybridized carbons (Fsp3) is 0.0769. The van der Waals surface area contributed by atoms with Crippen molar-refractivity contribution in [2.75, 3.05) is 0 Å². The molecule has 0 aliphatic rings. The first-order chi connectivity index (χ1) is 10.3. The average Bonchev–Trinajstić information content (AvgIpc) is 2.48. The number of carboxylic acids is 1. The van der Waals surface area contributed by atoms with Crippen LogP contribution < -0.4 is 0 Å². The Labute approximate surface area is 127 Å². The molecule has 0 atom stereocenters. The lowest BCUT2D eigenvalue weighted by atomic mass is 10.1. The topological polar surface area (TPSA) is 80.2 Å². The summed E-state index contributed by atoms with van der Waals surface area (Å²) >= 11 is 5.59. The molecule has 9 heteroatoms. The van der Waals surface area contributed by atoms with Crippen LogP contribution >= 0.6 is 11.6 Å². The lowest BCUT2D eigenvalue weighted by molar-refractivity contribution is -0.137. The van der Waals surface area contributed by atoms with Gasteiger partial charge in [0.05, 0.1) is 16.3 Å². The van der Waals surface area contributed by atoms with Crippen molar-refractivity contribution in [1.82, 2.24) is 9.97 Å². The number of rotatable bonds is 2. The molecular weight excluding hydrogens is 325 g/mol. The predicted octanol–water partition coefficient (Wildman–Crippen LogP) is 3.33. The highest BCUT2D eigenvalue weighted by molar-refractivity contribution is 6.31. The van der Waals surface area contributed by atoms with E-state index in [4.69, 9.17) is 21.5 Å². The van der Waals surface area contributed by atoms with Crippen LogP contribution in [-0.4, -0.2) is 27.8 Å². The molecule has 0 bridgehead atoms. The standard InChI is InChI=1S/C12H6ClF3N2O2.CH2O/c13-8-3-6(1-2-7(8)12(14,15)16)9-4-10(11(19)20)18-5-17-9;1-2/h1-5H,(H,19,20);1H2. The van der Waals surface area contributed by atoms with Crippen LogP contribution in [0.4, 0.5) is 13.2 Å². The second-order valence-electron chi connectivity index (χ2n) is 3.79. The average molecular weight is 333 g/mol. The van der Waals surface area contributed by atoms with E-state index < -0.39 is 22.7 Å². The first-order valence-electron chi connectivity index (χ1n) is 5.50. The summed E-state index contributed by atoms with van der Waals surface area (Å²) in [5.74, 6) is -1.26. The highest BCUT2D eigenvalue weighted by atomic mass is 35.5. The van der Waals surface area contributed by atoms with Crippen molar-refractivity contribution in [3.05, 3.63) is 46.9 Å². The number of hydrogen-bond acceptors (Lipinski definition) is 4. The van der Waals surface area contributed by atoms with Crippen LogP contribution in [0.1, 0.15) is 16.1 Å². The van der Waals surface area contributed by atoms with E-state index in [1.54, 1.807) is 0 Å². The first kappa shape index (κ1) is 17.6. The third-order valence-corrected chi connectivity index (χ3v) is 2.77. The molecule has 1 N–H and O–H groups in total. The summed E-state index contributed by atoms with van der Waals surface area (Å²) in [4.78, 5) is 26.1. The minimum atomic E-state index is -4.55. The highest BCUT2D eigenvalue weighted by Crippen LogP contribution is 2.36. The number of nitrogens with zero attached hydrogens (tertiary/aromatic N) is 2. The lowest BCUT2D eigenvalue weighted by Gasteiger charge is -2.10. The Morgan fingerprint density at radius 1 is 1.18 bits per heavy atom. The quantitative estimate of drug-likeness (QED) is 0.912. The van der Waals surface area contributed by atoms with Crippen LogP contribution in [0.5, 0.6) is 0 Å².